The van der Waals surface area contributed by atoms with Crippen LogP contribution in [-0.4, -0.2) is 25.7 Å². The number of para-hydroxylation sites is 2. The van der Waals surface area contributed by atoms with Crippen LogP contribution in [-0.2, 0) is 6.42 Å². The fraction of sp³-hybridized carbons (Fsp3) is 0.115. The van der Waals surface area contributed by atoms with Gasteiger partial charge in [0.25, 0.3) is 5.91 Å². The van der Waals surface area contributed by atoms with Gasteiger partial charge in [0, 0.05) is 11.8 Å². The number of carbonyl (C=O) groups excluding carboxylic acids is 1. The van der Waals surface area contributed by atoms with Gasteiger partial charge in [-0.15, -0.1) is 0 Å². The Morgan fingerprint density at radius 2 is 1.75 bits per heavy atom. The number of nitrogens with zero attached hydrogens (tertiary/aromatic N) is 3. The van der Waals surface area contributed by atoms with Gasteiger partial charge in [0.05, 0.1) is 29.0 Å². The van der Waals surface area contributed by atoms with E-state index < -0.39 is 0 Å². The fourth-order valence-electron chi connectivity index (χ4n) is 3.76. The standard InChI is InChI=1S/C26H23N5O/c1-18-16-27-31(17-18)21-13-11-20(12-14-21)26(32)30-24(15-19-7-3-2-4-8-19)25-28-22-9-5-6-10-23(22)29-25/h2-14,16-17,24H,15H2,1H3,(H,28,29)(H,30,32)/t24-/m0/s1. The molecule has 2 N–H and O–H groups in total. The molecule has 0 spiro atoms. The van der Waals surface area contributed by atoms with Crippen LogP contribution in [0.1, 0.15) is 33.4 Å². The first-order valence-corrected chi connectivity index (χ1v) is 10.6. The third-order valence-electron chi connectivity index (χ3n) is 5.43. The Morgan fingerprint density at radius 3 is 2.47 bits per heavy atom. The van der Waals surface area contributed by atoms with E-state index in [-0.39, 0.29) is 11.9 Å². The normalized spacial score (nSPS) is 12.0. The van der Waals surface area contributed by atoms with Crippen LogP contribution in [0.15, 0.2) is 91.3 Å². The largest absolute Gasteiger partial charge is 0.342 e. The van der Waals surface area contributed by atoms with Gasteiger partial charge in [-0.3, -0.25) is 4.79 Å². The van der Waals surface area contributed by atoms with Gasteiger partial charge in [0.2, 0.25) is 0 Å². The predicted octanol–water partition coefficient (Wildman–Crippen LogP) is 4.77. The summed E-state index contributed by atoms with van der Waals surface area (Å²) in [5.74, 6) is 0.599. The molecule has 0 aliphatic rings. The molecule has 0 saturated heterocycles. The molecule has 6 heteroatoms. The molecule has 5 rings (SSSR count). The summed E-state index contributed by atoms with van der Waals surface area (Å²) in [6.07, 6.45) is 4.39. The Balaban J connectivity index is 1.40. The van der Waals surface area contributed by atoms with Gasteiger partial charge in [0.1, 0.15) is 5.82 Å². The van der Waals surface area contributed by atoms with Crippen molar-refractivity contribution in [3.05, 3.63) is 114 Å². The Bertz CT molecular complexity index is 1320. The second-order valence-electron chi connectivity index (χ2n) is 7.86. The van der Waals surface area contributed by atoms with Crippen LogP contribution in [0, 0.1) is 6.92 Å². The van der Waals surface area contributed by atoms with E-state index in [0.717, 1.165) is 33.7 Å². The van der Waals surface area contributed by atoms with Crippen molar-refractivity contribution >= 4 is 16.9 Å². The molecule has 1 atom stereocenters. The van der Waals surface area contributed by atoms with Crippen molar-refractivity contribution in [3.63, 3.8) is 0 Å². The lowest BCUT2D eigenvalue weighted by Crippen LogP contribution is -2.30. The van der Waals surface area contributed by atoms with E-state index in [2.05, 4.69) is 27.5 Å². The van der Waals surface area contributed by atoms with Crippen molar-refractivity contribution in [2.24, 2.45) is 0 Å². The average Bonchev–Trinajstić information content (AvgIpc) is 3.46. The summed E-state index contributed by atoms with van der Waals surface area (Å²) >= 11 is 0. The van der Waals surface area contributed by atoms with E-state index in [4.69, 9.17) is 4.98 Å². The number of hydrogen-bond acceptors (Lipinski definition) is 3. The molecular formula is C26H23N5O. The number of hydrogen-bond donors (Lipinski definition) is 2. The third kappa shape index (κ3) is 4.16. The van der Waals surface area contributed by atoms with Gasteiger partial charge in [0.15, 0.2) is 0 Å². The summed E-state index contributed by atoms with van der Waals surface area (Å²) in [6.45, 7) is 2.00. The molecule has 2 heterocycles. The van der Waals surface area contributed by atoms with Crippen LogP contribution in [0.5, 0.6) is 0 Å². The van der Waals surface area contributed by atoms with E-state index in [1.165, 1.54) is 0 Å². The Kier molecular flexibility index (Phi) is 5.25. The van der Waals surface area contributed by atoms with Gasteiger partial charge < -0.3 is 10.3 Å². The number of aromatic amines is 1. The smallest absolute Gasteiger partial charge is 0.251 e. The Morgan fingerprint density at radius 1 is 1.00 bits per heavy atom. The minimum absolute atomic E-state index is 0.144. The molecule has 3 aromatic carbocycles. The van der Waals surface area contributed by atoms with Gasteiger partial charge in [-0.25, -0.2) is 9.67 Å². The van der Waals surface area contributed by atoms with Crippen molar-refractivity contribution in [1.29, 1.82) is 0 Å². The molecule has 5 aromatic rings. The topological polar surface area (TPSA) is 75.6 Å². The van der Waals surface area contributed by atoms with Gasteiger partial charge in [-0.1, -0.05) is 42.5 Å². The molecule has 0 aliphatic carbocycles. The van der Waals surface area contributed by atoms with Gasteiger partial charge >= 0.3 is 0 Å². The summed E-state index contributed by atoms with van der Waals surface area (Å²) in [4.78, 5) is 21.2. The molecule has 0 unspecified atom stereocenters. The zero-order valence-electron chi connectivity index (χ0n) is 17.7. The predicted molar refractivity (Wildman–Crippen MR) is 125 cm³/mol. The summed E-state index contributed by atoms with van der Waals surface area (Å²) in [6, 6.07) is 25.1. The second-order valence-corrected chi connectivity index (χ2v) is 7.86. The number of benzene rings is 3. The maximum Gasteiger partial charge on any atom is 0.251 e. The monoisotopic (exact) mass is 421 g/mol. The van der Waals surface area contributed by atoms with Crippen molar-refractivity contribution in [1.82, 2.24) is 25.1 Å². The average molecular weight is 422 g/mol. The van der Waals surface area contributed by atoms with E-state index in [0.29, 0.717) is 12.0 Å². The molecule has 0 aliphatic heterocycles. The molecule has 0 bridgehead atoms. The number of carbonyl (C=O) groups is 1. The zero-order chi connectivity index (χ0) is 21.9. The Labute approximate surface area is 185 Å². The molecule has 2 aromatic heterocycles. The zero-order valence-corrected chi connectivity index (χ0v) is 17.7. The highest BCUT2D eigenvalue weighted by Gasteiger charge is 2.20. The first kappa shape index (κ1) is 19.8. The maximum absolute atomic E-state index is 13.1. The number of H-pyrrole nitrogens is 1. The van der Waals surface area contributed by atoms with Crippen LogP contribution in [0.3, 0.4) is 0 Å². The van der Waals surface area contributed by atoms with Crippen molar-refractivity contribution < 1.29 is 4.79 Å². The number of fused-ring (bicyclic) bond motifs is 1. The summed E-state index contributed by atoms with van der Waals surface area (Å²) < 4.78 is 1.80. The van der Waals surface area contributed by atoms with E-state index in [1.54, 1.807) is 4.68 Å². The van der Waals surface area contributed by atoms with Gasteiger partial charge in [-0.2, -0.15) is 5.10 Å². The molecule has 158 valence electrons. The number of amides is 1. The van der Waals surface area contributed by atoms with E-state index in [1.807, 2.05) is 86.0 Å². The molecule has 32 heavy (non-hydrogen) atoms. The number of nitrogens with one attached hydrogen (secondary N) is 2. The highest BCUT2D eigenvalue weighted by atomic mass is 16.1. The lowest BCUT2D eigenvalue weighted by molar-refractivity contribution is 0.0935. The van der Waals surface area contributed by atoms with Gasteiger partial charge in [-0.05, 0) is 60.9 Å². The first-order chi connectivity index (χ1) is 15.7. The first-order valence-electron chi connectivity index (χ1n) is 10.6. The molecule has 1 amide bonds. The number of aryl methyl sites for hydroxylation is 1. The molecular weight excluding hydrogens is 398 g/mol. The molecule has 6 nitrogen and oxygen atoms in total. The maximum atomic E-state index is 13.1. The van der Waals surface area contributed by atoms with Crippen LogP contribution in [0.4, 0.5) is 0 Å². The quantitative estimate of drug-likeness (QED) is 0.415. The summed E-state index contributed by atoms with van der Waals surface area (Å²) in [7, 11) is 0. The number of rotatable bonds is 6. The summed E-state index contributed by atoms with van der Waals surface area (Å²) in [5.41, 5.74) is 5.55. The van der Waals surface area contributed by atoms with Crippen LogP contribution in [0.2, 0.25) is 0 Å². The minimum Gasteiger partial charge on any atom is -0.342 e. The highest BCUT2D eigenvalue weighted by Crippen LogP contribution is 2.21. The third-order valence-corrected chi connectivity index (χ3v) is 5.43. The van der Waals surface area contributed by atoms with E-state index in [9.17, 15) is 4.79 Å². The van der Waals surface area contributed by atoms with Crippen molar-refractivity contribution in [2.45, 2.75) is 19.4 Å². The van der Waals surface area contributed by atoms with Crippen molar-refractivity contribution in [2.75, 3.05) is 0 Å². The second kappa shape index (κ2) is 8.51. The molecule has 0 fully saturated rings. The SMILES string of the molecule is Cc1cnn(-c2ccc(C(=O)N[C@@H](Cc3ccccc3)c3nc4ccccc4[nH]3)cc2)c1. The lowest BCUT2D eigenvalue weighted by atomic mass is 10.0. The Hall–Kier alpha value is -4.19. The molecule has 0 saturated carbocycles. The minimum atomic E-state index is -0.286. The lowest BCUT2D eigenvalue weighted by Gasteiger charge is -2.17. The summed E-state index contributed by atoms with van der Waals surface area (Å²) in [5, 5.41) is 7.49. The number of aromatic nitrogens is 4. The van der Waals surface area contributed by atoms with Crippen LogP contribution < -0.4 is 5.32 Å². The fourth-order valence-corrected chi connectivity index (χ4v) is 3.76. The van der Waals surface area contributed by atoms with Crippen LogP contribution in [0.25, 0.3) is 16.7 Å². The number of imidazole rings is 1. The highest BCUT2D eigenvalue weighted by molar-refractivity contribution is 5.94. The van der Waals surface area contributed by atoms with Crippen molar-refractivity contribution in [3.8, 4) is 5.69 Å². The molecule has 0 radical (unpaired) electrons. The van der Waals surface area contributed by atoms with Crippen LogP contribution >= 0.6 is 0 Å². The van der Waals surface area contributed by atoms with E-state index >= 15 is 0 Å².